The zero-order chi connectivity index (χ0) is 12.3. The number of aryl methyl sites for hydroxylation is 1. The molecule has 96 valence electrons. The summed E-state index contributed by atoms with van der Waals surface area (Å²) in [6.07, 6.45) is 6.55. The third-order valence-corrected chi connectivity index (χ3v) is 4.77. The molecular weight excluding hydrogens is 228 g/mol. The lowest BCUT2D eigenvalue weighted by Crippen LogP contribution is -2.44. The number of hydrogen-bond acceptors (Lipinski definition) is 3. The number of thiazole rings is 1. The molecule has 0 bridgehead atoms. The van der Waals surface area contributed by atoms with Crippen LogP contribution >= 0.6 is 11.3 Å². The van der Waals surface area contributed by atoms with Gasteiger partial charge in [0, 0.05) is 24.4 Å². The molecule has 1 unspecified atom stereocenters. The van der Waals surface area contributed by atoms with Crippen LogP contribution < -0.4 is 5.32 Å². The van der Waals surface area contributed by atoms with Crippen molar-refractivity contribution in [3.8, 4) is 0 Å². The van der Waals surface area contributed by atoms with Crippen molar-refractivity contribution in [3.63, 3.8) is 0 Å². The summed E-state index contributed by atoms with van der Waals surface area (Å²) in [6.45, 7) is 7.94. The lowest BCUT2D eigenvalue weighted by atomic mass is 9.73. The Morgan fingerprint density at radius 1 is 1.47 bits per heavy atom. The van der Waals surface area contributed by atoms with Crippen LogP contribution in [0.4, 0.5) is 0 Å². The van der Waals surface area contributed by atoms with Crippen LogP contribution in [0.5, 0.6) is 0 Å². The molecule has 1 fully saturated rings. The van der Waals surface area contributed by atoms with Crippen LogP contribution in [-0.4, -0.2) is 17.6 Å². The smallest absolute Gasteiger partial charge is 0.0897 e. The number of nitrogens with zero attached hydrogens (tertiary/aromatic N) is 1. The fourth-order valence-corrected chi connectivity index (χ4v) is 3.42. The van der Waals surface area contributed by atoms with E-state index in [-0.39, 0.29) is 0 Å². The molecule has 17 heavy (non-hydrogen) atoms. The van der Waals surface area contributed by atoms with Gasteiger partial charge in [0.15, 0.2) is 0 Å². The van der Waals surface area contributed by atoms with Gasteiger partial charge in [0.25, 0.3) is 0 Å². The first-order valence-corrected chi connectivity index (χ1v) is 7.60. The van der Waals surface area contributed by atoms with E-state index in [0.29, 0.717) is 11.5 Å². The van der Waals surface area contributed by atoms with Gasteiger partial charge in [-0.2, -0.15) is 0 Å². The van der Waals surface area contributed by atoms with Crippen LogP contribution in [0.25, 0.3) is 0 Å². The molecule has 0 spiro atoms. The summed E-state index contributed by atoms with van der Waals surface area (Å²) in [5, 5.41) is 7.10. The van der Waals surface area contributed by atoms with E-state index in [2.05, 4.69) is 36.5 Å². The highest BCUT2D eigenvalue weighted by molar-refractivity contribution is 7.09. The summed E-state index contributed by atoms with van der Waals surface area (Å²) in [4.78, 5) is 4.51. The van der Waals surface area contributed by atoms with Crippen molar-refractivity contribution in [3.05, 3.63) is 16.1 Å². The Labute approximate surface area is 109 Å². The summed E-state index contributed by atoms with van der Waals surface area (Å²) in [6, 6.07) is 0.691. The van der Waals surface area contributed by atoms with Crippen molar-refractivity contribution in [2.75, 3.05) is 6.54 Å². The first-order chi connectivity index (χ1) is 8.08. The van der Waals surface area contributed by atoms with Crippen molar-refractivity contribution in [1.29, 1.82) is 0 Å². The van der Waals surface area contributed by atoms with Crippen molar-refractivity contribution >= 4 is 11.3 Å². The maximum Gasteiger partial charge on any atom is 0.0897 e. The van der Waals surface area contributed by atoms with Crippen LogP contribution in [0.15, 0.2) is 5.38 Å². The maximum atomic E-state index is 4.51. The first kappa shape index (κ1) is 13.0. The lowest BCUT2D eigenvalue weighted by molar-refractivity contribution is 0.169. The molecule has 1 aromatic rings. The SMILES string of the molecule is Cc1nc(CCNC2CCCCC2(C)C)cs1. The fourth-order valence-electron chi connectivity index (χ4n) is 2.77. The molecule has 1 aliphatic carbocycles. The van der Waals surface area contributed by atoms with Gasteiger partial charge in [-0.25, -0.2) is 4.98 Å². The monoisotopic (exact) mass is 252 g/mol. The van der Waals surface area contributed by atoms with Gasteiger partial charge in [0.05, 0.1) is 10.7 Å². The van der Waals surface area contributed by atoms with Gasteiger partial charge in [-0.1, -0.05) is 26.7 Å². The van der Waals surface area contributed by atoms with Gasteiger partial charge < -0.3 is 5.32 Å². The van der Waals surface area contributed by atoms with Gasteiger partial charge in [-0.3, -0.25) is 0 Å². The molecule has 2 rings (SSSR count). The van der Waals surface area contributed by atoms with Gasteiger partial charge in [0.2, 0.25) is 0 Å². The molecule has 1 aromatic heterocycles. The molecule has 3 heteroatoms. The Hall–Kier alpha value is -0.410. The Kier molecular flexibility index (Phi) is 4.21. The Morgan fingerprint density at radius 2 is 2.29 bits per heavy atom. The quantitative estimate of drug-likeness (QED) is 0.886. The van der Waals surface area contributed by atoms with Crippen LogP contribution in [0.2, 0.25) is 0 Å². The minimum Gasteiger partial charge on any atom is -0.313 e. The minimum atomic E-state index is 0.468. The van der Waals surface area contributed by atoms with Gasteiger partial charge in [-0.05, 0) is 25.2 Å². The van der Waals surface area contributed by atoms with E-state index in [1.165, 1.54) is 36.4 Å². The zero-order valence-corrected chi connectivity index (χ0v) is 12.1. The van der Waals surface area contributed by atoms with E-state index in [0.717, 1.165) is 13.0 Å². The van der Waals surface area contributed by atoms with E-state index >= 15 is 0 Å². The molecule has 0 radical (unpaired) electrons. The first-order valence-electron chi connectivity index (χ1n) is 6.72. The molecule has 1 saturated carbocycles. The molecule has 1 heterocycles. The second kappa shape index (κ2) is 5.49. The Bertz CT molecular complexity index is 357. The van der Waals surface area contributed by atoms with Crippen molar-refractivity contribution in [2.24, 2.45) is 5.41 Å². The van der Waals surface area contributed by atoms with E-state index in [1.807, 2.05) is 0 Å². The molecular formula is C14H24N2S. The average molecular weight is 252 g/mol. The third kappa shape index (κ3) is 3.52. The summed E-state index contributed by atoms with van der Waals surface area (Å²) in [7, 11) is 0. The van der Waals surface area contributed by atoms with Gasteiger partial charge in [0.1, 0.15) is 0 Å². The molecule has 2 nitrogen and oxygen atoms in total. The van der Waals surface area contributed by atoms with E-state index in [1.54, 1.807) is 11.3 Å². The molecule has 0 saturated heterocycles. The number of nitrogens with one attached hydrogen (secondary N) is 1. The normalized spacial score (nSPS) is 23.8. The minimum absolute atomic E-state index is 0.468. The topological polar surface area (TPSA) is 24.9 Å². The van der Waals surface area contributed by atoms with Crippen molar-refractivity contribution in [1.82, 2.24) is 10.3 Å². The maximum absolute atomic E-state index is 4.51. The summed E-state index contributed by atoms with van der Waals surface area (Å²) in [5.74, 6) is 0. The van der Waals surface area contributed by atoms with Crippen LogP contribution in [0.3, 0.4) is 0 Å². The summed E-state index contributed by atoms with van der Waals surface area (Å²) < 4.78 is 0. The standard InChI is InChI=1S/C14H24N2S/c1-11-16-12(10-17-11)7-9-15-13-6-4-5-8-14(13,2)3/h10,13,15H,4-9H2,1-3H3. The molecule has 1 aliphatic rings. The fraction of sp³-hybridized carbons (Fsp3) is 0.786. The van der Waals surface area contributed by atoms with Crippen LogP contribution in [0, 0.1) is 12.3 Å². The highest BCUT2D eigenvalue weighted by atomic mass is 32.1. The number of rotatable bonds is 4. The second-order valence-corrected chi connectivity index (χ2v) is 6.91. The van der Waals surface area contributed by atoms with Crippen LogP contribution in [0.1, 0.15) is 50.2 Å². The lowest BCUT2D eigenvalue weighted by Gasteiger charge is -2.39. The van der Waals surface area contributed by atoms with Gasteiger partial charge in [-0.15, -0.1) is 11.3 Å². The predicted octanol–water partition coefficient (Wildman–Crippen LogP) is 3.55. The van der Waals surface area contributed by atoms with Crippen molar-refractivity contribution in [2.45, 2.75) is 58.9 Å². The summed E-state index contributed by atoms with van der Waals surface area (Å²) in [5.41, 5.74) is 1.71. The third-order valence-electron chi connectivity index (χ3n) is 3.95. The van der Waals surface area contributed by atoms with Gasteiger partial charge >= 0.3 is 0 Å². The largest absolute Gasteiger partial charge is 0.313 e. The van der Waals surface area contributed by atoms with Crippen molar-refractivity contribution < 1.29 is 0 Å². The Morgan fingerprint density at radius 3 is 2.94 bits per heavy atom. The molecule has 0 aliphatic heterocycles. The average Bonchev–Trinajstić information content (AvgIpc) is 2.67. The Balaban J connectivity index is 1.77. The predicted molar refractivity (Wildman–Crippen MR) is 74.6 cm³/mol. The molecule has 1 atom stereocenters. The highest BCUT2D eigenvalue weighted by Crippen LogP contribution is 2.35. The van der Waals surface area contributed by atoms with E-state index < -0.39 is 0 Å². The number of aromatic nitrogens is 1. The molecule has 0 amide bonds. The molecule has 1 N–H and O–H groups in total. The van der Waals surface area contributed by atoms with E-state index in [4.69, 9.17) is 0 Å². The summed E-state index contributed by atoms with van der Waals surface area (Å²) >= 11 is 1.75. The van der Waals surface area contributed by atoms with Crippen LogP contribution in [-0.2, 0) is 6.42 Å². The number of hydrogen-bond donors (Lipinski definition) is 1. The molecule has 0 aromatic carbocycles. The second-order valence-electron chi connectivity index (χ2n) is 5.85. The zero-order valence-electron chi connectivity index (χ0n) is 11.3. The van der Waals surface area contributed by atoms with E-state index in [9.17, 15) is 0 Å². The highest BCUT2D eigenvalue weighted by Gasteiger charge is 2.31.